The molecule has 0 bridgehead atoms. The maximum absolute atomic E-state index is 12.3. The lowest BCUT2D eigenvalue weighted by Crippen LogP contribution is -2.25. The summed E-state index contributed by atoms with van der Waals surface area (Å²) in [6.45, 7) is 4.18. The van der Waals surface area contributed by atoms with E-state index in [9.17, 15) is 4.79 Å². The van der Waals surface area contributed by atoms with Crippen molar-refractivity contribution in [3.8, 4) is 0 Å². The van der Waals surface area contributed by atoms with Gasteiger partial charge in [-0.05, 0) is 36.4 Å². The summed E-state index contributed by atoms with van der Waals surface area (Å²) in [6.07, 6.45) is 1.81. The smallest absolute Gasteiger partial charge is 0.258 e. The van der Waals surface area contributed by atoms with Crippen molar-refractivity contribution < 1.29 is 0 Å². The van der Waals surface area contributed by atoms with E-state index < -0.39 is 0 Å². The van der Waals surface area contributed by atoms with Crippen molar-refractivity contribution in [2.75, 3.05) is 6.54 Å². The van der Waals surface area contributed by atoms with Gasteiger partial charge in [-0.25, -0.2) is 4.98 Å². The predicted octanol–water partition coefficient (Wildman–Crippen LogP) is 4.15. The summed E-state index contributed by atoms with van der Waals surface area (Å²) in [7, 11) is 0. The highest BCUT2D eigenvalue weighted by Crippen LogP contribution is 2.19. The molecule has 0 atom stereocenters. The van der Waals surface area contributed by atoms with Crippen LogP contribution in [0.4, 0.5) is 0 Å². The van der Waals surface area contributed by atoms with Crippen LogP contribution in [-0.4, -0.2) is 26.4 Å². The molecule has 2 heterocycles. The van der Waals surface area contributed by atoms with Gasteiger partial charge in [0.05, 0.1) is 23.0 Å². The van der Waals surface area contributed by atoms with Gasteiger partial charge in [-0.1, -0.05) is 42.8 Å². The van der Waals surface area contributed by atoms with Gasteiger partial charge in [0.2, 0.25) is 0 Å². The number of H-pyrrole nitrogens is 1. The van der Waals surface area contributed by atoms with Gasteiger partial charge in [0, 0.05) is 23.2 Å². The Kier molecular flexibility index (Phi) is 4.88. The van der Waals surface area contributed by atoms with E-state index >= 15 is 0 Å². The second kappa shape index (κ2) is 7.47. The second-order valence-electron chi connectivity index (χ2n) is 6.47. The predicted molar refractivity (Wildman–Crippen MR) is 109 cm³/mol. The molecule has 5 nitrogen and oxygen atoms in total. The molecular weight excluding hydrogens is 360 g/mol. The van der Waals surface area contributed by atoms with Gasteiger partial charge in [-0.2, -0.15) is 0 Å². The third-order valence-electron chi connectivity index (χ3n) is 4.65. The number of para-hydroxylation sites is 1. The minimum absolute atomic E-state index is 0.144. The molecule has 27 heavy (non-hydrogen) atoms. The zero-order chi connectivity index (χ0) is 18.8. The fraction of sp³-hybridized carbons (Fsp3) is 0.190. The van der Waals surface area contributed by atoms with E-state index in [-0.39, 0.29) is 5.56 Å². The average Bonchev–Trinajstić information content (AvgIpc) is 2.67. The molecule has 0 unspecified atom stereocenters. The van der Waals surface area contributed by atoms with Crippen LogP contribution in [-0.2, 0) is 13.1 Å². The Balaban J connectivity index is 1.64. The van der Waals surface area contributed by atoms with Crippen molar-refractivity contribution in [3.63, 3.8) is 0 Å². The Labute approximate surface area is 161 Å². The van der Waals surface area contributed by atoms with Crippen LogP contribution >= 0.6 is 11.6 Å². The zero-order valence-corrected chi connectivity index (χ0v) is 15.7. The molecule has 4 aromatic rings. The molecule has 136 valence electrons. The molecule has 0 fully saturated rings. The van der Waals surface area contributed by atoms with Crippen LogP contribution in [0, 0.1) is 0 Å². The van der Waals surface area contributed by atoms with E-state index in [4.69, 9.17) is 11.6 Å². The van der Waals surface area contributed by atoms with Crippen LogP contribution in [0.3, 0.4) is 0 Å². The summed E-state index contributed by atoms with van der Waals surface area (Å²) in [5, 5.41) is 2.24. The number of nitrogens with zero attached hydrogens (tertiary/aromatic N) is 3. The third-order valence-corrected chi connectivity index (χ3v) is 4.88. The fourth-order valence-corrected chi connectivity index (χ4v) is 3.43. The van der Waals surface area contributed by atoms with Crippen molar-refractivity contribution >= 4 is 33.4 Å². The molecule has 0 aliphatic carbocycles. The molecule has 0 radical (unpaired) electrons. The van der Waals surface area contributed by atoms with E-state index in [0.29, 0.717) is 28.3 Å². The van der Waals surface area contributed by atoms with Crippen LogP contribution in [0.15, 0.2) is 59.5 Å². The van der Waals surface area contributed by atoms with Gasteiger partial charge < -0.3 is 4.98 Å². The van der Waals surface area contributed by atoms with Crippen LogP contribution in [0.1, 0.15) is 18.3 Å². The van der Waals surface area contributed by atoms with Gasteiger partial charge in [-0.15, -0.1) is 0 Å². The van der Waals surface area contributed by atoms with Gasteiger partial charge in [0.1, 0.15) is 5.82 Å². The van der Waals surface area contributed by atoms with Gasteiger partial charge in [0.25, 0.3) is 5.56 Å². The van der Waals surface area contributed by atoms with E-state index in [2.05, 4.69) is 45.0 Å². The number of hydrogen-bond donors (Lipinski definition) is 1. The van der Waals surface area contributed by atoms with Gasteiger partial charge >= 0.3 is 0 Å². The molecule has 0 aliphatic rings. The van der Waals surface area contributed by atoms with Crippen LogP contribution < -0.4 is 5.56 Å². The van der Waals surface area contributed by atoms with Crippen molar-refractivity contribution in [2.45, 2.75) is 20.0 Å². The molecule has 4 rings (SSSR count). The zero-order valence-electron chi connectivity index (χ0n) is 14.9. The molecule has 2 aromatic carbocycles. The Morgan fingerprint density at radius 2 is 1.96 bits per heavy atom. The van der Waals surface area contributed by atoms with Crippen molar-refractivity contribution in [3.05, 3.63) is 81.5 Å². The normalized spacial score (nSPS) is 11.5. The van der Waals surface area contributed by atoms with Crippen LogP contribution in [0.2, 0.25) is 5.02 Å². The molecule has 1 N–H and O–H groups in total. The first-order valence-electron chi connectivity index (χ1n) is 8.87. The SMILES string of the molecule is CCN(Cc1nc2cc(Cl)ccc2c(=O)[nH]1)Cc1cccc2cccnc12. The molecular formula is C21H19ClN4O. The van der Waals surface area contributed by atoms with E-state index in [1.807, 2.05) is 18.3 Å². The van der Waals surface area contributed by atoms with Crippen LogP contribution in [0.25, 0.3) is 21.8 Å². The molecule has 0 amide bonds. The van der Waals surface area contributed by atoms with Gasteiger partial charge in [-0.3, -0.25) is 14.7 Å². The highest BCUT2D eigenvalue weighted by molar-refractivity contribution is 6.31. The maximum atomic E-state index is 12.3. The van der Waals surface area contributed by atoms with Crippen LogP contribution in [0.5, 0.6) is 0 Å². The quantitative estimate of drug-likeness (QED) is 0.566. The summed E-state index contributed by atoms with van der Waals surface area (Å²) < 4.78 is 0. The number of rotatable bonds is 5. The average molecular weight is 379 g/mol. The minimum atomic E-state index is -0.144. The van der Waals surface area contributed by atoms with E-state index in [1.165, 1.54) is 0 Å². The number of halogens is 1. The monoisotopic (exact) mass is 378 g/mol. The summed E-state index contributed by atoms with van der Waals surface area (Å²) in [4.78, 5) is 26.6. The lowest BCUT2D eigenvalue weighted by Gasteiger charge is -2.20. The third kappa shape index (κ3) is 3.70. The summed E-state index contributed by atoms with van der Waals surface area (Å²) >= 11 is 6.05. The van der Waals surface area contributed by atoms with Crippen molar-refractivity contribution in [1.29, 1.82) is 0 Å². The summed E-state index contributed by atoms with van der Waals surface area (Å²) in [5.41, 5.74) is 2.63. The molecule has 0 saturated carbocycles. The number of benzene rings is 2. The fourth-order valence-electron chi connectivity index (χ4n) is 3.26. The standard InChI is InChI=1S/C21H19ClN4O/c1-2-26(12-15-6-3-5-14-7-4-10-23-20(14)15)13-19-24-18-11-16(22)8-9-17(18)21(27)25-19/h3-11H,2,12-13H2,1H3,(H,24,25,27). The minimum Gasteiger partial charge on any atom is -0.309 e. The summed E-state index contributed by atoms with van der Waals surface area (Å²) in [5.74, 6) is 0.629. The number of hydrogen-bond acceptors (Lipinski definition) is 4. The number of pyridine rings is 1. The Morgan fingerprint density at radius 3 is 2.81 bits per heavy atom. The van der Waals surface area contributed by atoms with E-state index in [0.717, 1.165) is 29.6 Å². The second-order valence-corrected chi connectivity index (χ2v) is 6.91. The number of aromatic amines is 1. The number of fused-ring (bicyclic) bond motifs is 2. The molecule has 2 aromatic heterocycles. The Hall–Kier alpha value is -2.76. The Bertz CT molecular complexity index is 1170. The lowest BCUT2D eigenvalue weighted by atomic mass is 10.1. The number of nitrogens with one attached hydrogen (secondary N) is 1. The Morgan fingerprint density at radius 1 is 1.11 bits per heavy atom. The number of aromatic nitrogens is 3. The highest BCUT2D eigenvalue weighted by Gasteiger charge is 2.11. The molecule has 0 saturated heterocycles. The first-order chi connectivity index (χ1) is 13.1. The first kappa shape index (κ1) is 17.6. The van der Waals surface area contributed by atoms with Gasteiger partial charge in [0.15, 0.2) is 0 Å². The largest absolute Gasteiger partial charge is 0.309 e. The molecule has 0 aliphatic heterocycles. The van der Waals surface area contributed by atoms with Crippen molar-refractivity contribution in [2.24, 2.45) is 0 Å². The highest BCUT2D eigenvalue weighted by atomic mass is 35.5. The lowest BCUT2D eigenvalue weighted by molar-refractivity contribution is 0.265. The molecule has 6 heteroatoms. The maximum Gasteiger partial charge on any atom is 0.258 e. The molecule has 0 spiro atoms. The van der Waals surface area contributed by atoms with E-state index in [1.54, 1.807) is 18.2 Å². The summed E-state index contributed by atoms with van der Waals surface area (Å²) in [6, 6.07) is 15.3. The first-order valence-corrected chi connectivity index (χ1v) is 9.25. The van der Waals surface area contributed by atoms with Crippen molar-refractivity contribution in [1.82, 2.24) is 19.9 Å². The topological polar surface area (TPSA) is 61.9 Å².